The molecule has 1 aromatic carbocycles. The summed E-state index contributed by atoms with van der Waals surface area (Å²) >= 11 is 0. The smallest absolute Gasteiger partial charge is 0.261 e. The number of rotatable bonds is 1. The number of anilines is 1. The summed E-state index contributed by atoms with van der Waals surface area (Å²) in [7, 11) is 0. The Kier molecular flexibility index (Phi) is 2.87. The van der Waals surface area contributed by atoms with Gasteiger partial charge in [0.25, 0.3) is 5.91 Å². The predicted octanol–water partition coefficient (Wildman–Crippen LogP) is 2.64. The number of benzene rings is 1. The van der Waals surface area contributed by atoms with Crippen molar-refractivity contribution in [3.63, 3.8) is 0 Å². The standard InChI is InChI=1S/C15H16N2O2/c1-10-11(7-9-19-10)15(18)17-8-6-13(16)12-4-2-3-5-14(12)17/h2-5,7,9,13H,6,8,16H2,1H3. The van der Waals surface area contributed by atoms with Crippen LogP contribution in [0.3, 0.4) is 0 Å². The zero-order chi connectivity index (χ0) is 13.4. The molecule has 3 rings (SSSR count). The van der Waals surface area contributed by atoms with E-state index >= 15 is 0 Å². The van der Waals surface area contributed by atoms with Gasteiger partial charge in [-0.1, -0.05) is 18.2 Å². The van der Waals surface area contributed by atoms with Crippen LogP contribution in [0.15, 0.2) is 41.0 Å². The van der Waals surface area contributed by atoms with Gasteiger partial charge in [0.1, 0.15) is 5.76 Å². The fraction of sp³-hybridized carbons (Fsp3) is 0.267. The van der Waals surface area contributed by atoms with Gasteiger partial charge in [0.05, 0.1) is 11.8 Å². The van der Waals surface area contributed by atoms with E-state index in [1.54, 1.807) is 24.2 Å². The van der Waals surface area contributed by atoms with Gasteiger partial charge >= 0.3 is 0 Å². The molecular weight excluding hydrogens is 240 g/mol. The van der Waals surface area contributed by atoms with Crippen molar-refractivity contribution in [3.05, 3.63) is 53.5 Å². The van der Waals surface area contributed by atoms with Gasteiger partial charge in [-0.25, -0.2) is 0 Å². The van der Waals surface area contributed by atoms with E-state index in [1.807, 2.05) is 24.3 Å². The first-order valence-electron chi connectivity index (χ1n) is 6.39. The molecule has 1 aliphatic heterocycles. The maximum Gasteiger partial charge on any atom is 0.261 e. The lowest BCUT2D eigenvalue weighted by atomic mass is 9.96. The number of carbonyl (C=O) groups is 1. The van der Waals surface area contributed by atoms with E-state index in [4.69, 9.17) is 10.2 Å². The van der Waals surface area contributed by atoms with Crippen molar-refractivity contribution >= 4 is 11.6 Å². The van der Waals surface area contributed by atoms with Gasteiger partial charge in [0, 0.05) is 18.3 Å². The van der Waals surface area contributed by atoms with Crippen molar-refractivity contribution in [3.8, 4) is 0 Å². The lowest BCUT2D eigenvalue weighted by Gasteiger charge is -2.32. The molecule has 1 unspecified atom stereocenters. The SMILES string of the molecule is Cc1occc1C(=O)N1CCC(N)c2ccccc21. The van der Waals surface area contributed by atoms with Crippen LogP contribution in [0, 0.1) is 6.92 Å². The van der Waals surface area contributed by atoms with Gasteiger partial charge in [-0.05, 0) is 31.0 Å². The first kappa shape index (κ1) is 12.0. The van der Waals surface area contributed by atoms with Crippen molar-refractivity contribution < 1.29 is 9.21 Å². The monoisotopic (exact) mass is 256 g/mol. The first-order valence-corrected chi connectivity index (χ1v) is 6.39. The number of fused-ring (bicyclic) bond motifs is 1. The summed E-state index contributed by atoms with van der Waals surface area (Å²) in [6.45, 7) is 2.44. The molecule has 0 radical (unpaired) electrons. The van der Waals surface area contributed by atoms with E-state index in [2.05, 4.69) is 0 Å². The van der Waals surface area contributed by atoms with Gasteiger partial charge in [0.2, 0.25) is 0 Å². The molecule has 0 saturated carbocycles. The van der Waals surface area contributed by atoms with Crippen LogP contribution in [0.5, 0.6) is 0 Å². The van der Waals surface area contributed by atoms with Crippen LogP contribution < -0.4 is 10.6 Å². The second-order valence-corrected chi connectivity index (χ2v) is 4.80. The number of para-hydroxylation sites is 1. The van der Waals surface area contributed by atoms with Crippen LogP contribution in [-0.2, 0) is 0 Å². The average molecular weight is 256 g/mol. The van der Waals surface area contributed by atoms with E-state index in [0.717, 1.165) is 17.7 Å². The second kappa shape index (κ2) is 4.55. The Morgan fingerprint density at radius 2 is 2.16 bits per heavy atom. The third-order valence-electron chi connectivity index (χ3n) is 3.63. The maximum atomic E-state index is 12.6. The number of carbonyl (C=O) groups excluding carboxylic acids is 1. The molecule has 0 spiro atoms. The van der Waals surface area contributed by atoms with Crippen LogP contribution >= 0.6 is 0 Å². The second-order valence-electron chi connectivity index (χ2n) is 4.80. The van der Waals surface area contributed by atoms with Crippen molar-refractivity contribution in [1.82, 2.24) is 0 Å². The lowest BCUT2D eigenvalue weighted by Crippen LogP contribution is -2.38. The molecule has 0 aliphatic carbocycles. The number of aryl methyl sites for hydroxylation is 1. The van der Waals surface area contributed by atoms with E-state index in [-0.39, 0.29) is 11.9 Å². The molecule has 1 aliphatic rings. The Balaban J connectivity index is 2.01. The summed E-state index contributed by atoms with van der Waals surface area (Å²) in [5, 5.41) is 0. The highest BCUT2D eigenvalue weighted by Gasteiger charge is 2.28. The molecule has 4 nitrogen and oxygen atoms in total. The molecule has 0 fully saturated rings. The van der Waals surface area contributed by atoms with Crippen molar-refractivity contribution in [2.24, 2.45) is 5.73 Å². The lowest BCUT2D eigenvalue weighted by molar-refractivity contribution is 0.0983. The van der Waals surface area contributed by atoms with Crippen LogP contribution in [-0.4, -0.2) is 12.5 Å². The molecule has 2 N–H and O–H groups in total. The summed E-state index contributed by atoms with van der Waals surface area (Å²) < 4.78 is 5.21. The zero-order valence-corrected chi connectivity index (χ0v) is 10.8. The van der Waals surface area contributed by atoms with E-state index in [1.165, 1.54) is 0 Å². The number of hydrogen-bond acceptors (Lipinski definition) is 3. The summed E-state index contributed by atoms with van der Waals surface area (Å²) in [5.41, 5.74) is 8.66. The third kappa shape index (κ3) is 1.94. The number of furan rings is 1. The largest absolute Gasteiger partial charge is 0.469 e. The first-order chi connectivity index (χ1) is 9.18. The van der Waals surface area contributed by atoms with E-state index in [0.29, 0.717) is 17.9 Å². The topological polar surface area (TPSA) is 59.5 Å². The van der Waals surface area contributed by atoms with Crippen molar-refractivity contribution in [2.45, 2.75) is 19.4 Å². The molecule has 4 heteroatoms. The molecular formula is C15H16N2O2. The van der Waals surface area contributed by atoms with Crippen LogP contribution in [0.2, 0.25) is 0 Å². The maximum absolute atomic E-state index is 12.6. The molecule has 1 atom stereocenters. The van der Waals surface area contributed by atoms with E-state index < -0.39 is 0 Å². The number of nitrogens with zero attached hydrogens (tertiary/aromatic N) is 1. The Labute approximate surface area is 111 Å². The molecule has 0 saturated heterocycles. The van der Waals surface area contributed by atoms with Crippen molar-refractivity contribution in [2.75, 3.05) is 11.4 Å². The Morgan fingerprint density at radius 3 is 2.89 bits per heavy atom. The quantitative estimate of drug-likeness (QED) is 0.853. The summed E-state index contributed by atoms with van der Waals surface area (Å²) in [5.74, 6) is 0.628. The molecule has 19 heavy (non-hydrogen) atoms. The molecule has 1 amide bonds. The number of amides is 1. The highest BCUT2D eigenvalue weighted by Crippen LogP contribution is 2.33. The molecule has 2 heterocycles. The predicted molar refractivity (Wildman–Crippen MR) is 73.1 cm³/mol. The number of hydrogen-bond donors (Lipinski definition) is 1. The Morgan fingerprint density at radius 1 is 1.37 bits per heavy atom. The summed E-state index contributed by atoms with van der Waals surface area (Å²) in [4.78, 5) is 14.4. The minimum atomic E-state index is -0.0226. The van der Waals surface area contributed by atoms with Crippen LogP contribution in [0.25, 0.3) is 0 Å². The fourth-order valence-electron chi connectivity index (χ4n) is 2.55. The Hall–Kier alpha value is -2.07. The van der Waals surface area contributed by atoms with Gasteiger partial charge in [-0.2, -0.15) is 0 Å². The van der Waals surface area contributed by atoms with Crippen LogP contribution in [0.4, 0.5) is 5.69 Å². The highest BCUT2D eigenvalue weighted by atomic mass is 16.3. The summed E-state index contributed by atoms with van der Waals surface area (Å²) in [6.07, 6.45) is 2.32. The molecule has 1 aromatic heterocycles. The summed E-state index contributed by atoms with van der Waals surface area (Å²) in [6, 6.07) is 9.54. The fourth-order valence-corrected chi connectivity index (χ4v) is 2.55. The molecule has 2 aromatic rings. The molecule has 0 bridgehead atoms. The normalized spacial score (nSPS) is 18.2. The number of nitrogens with two attached hydrogens (primary N) is 1. The van der Waals surface area contributed by atoms with Gasteiger partial charge < -0.3 is 15.1 Å². The average Bonchev–Trinajstić information content (AvgIpc) is 2.85. The van der Waals surface area contributed by atoms with Crippen LogP contribution in [0.1, 0.15) is 34.1 Å². The minimum Gasteiger partial charge on any atom is -0.469 e. The minimum absolute atomic E-state index is 0.00527. The Bertz CT molecular complexity index is 618. The molecule has 98 valence electrons. The zero-order valence-electron chi connectivity index (χ0n) is 10.8. The van der Waals surface area contributed by atoms with Gasteiger partial charge in [-0.15, -0.1) is 0 Å². The van der Waals surface area contributed by atoms with Gasteiger partial charge in [0.15, 0.2) is 0 Å². The highest BCUT2D eigenvalue weighted by molar-refractivity contribution is 6.07. The van der Waals surface area contributed by atoms with E-state index in [9.17, 15) is 4.79 Å². The van der Waals surface area contributed by atoms with Gasteiger partial charge in [-0.3, -0.25) is 4.79 Å². The van der Waals surface area contributed by atoms with Crippen molar-refractivity contribution in [1.29, 1.82) is 0 Å². The third-order valence-corrected chi connectivity index (χ3v) is 3.63.